The summed E-state index contributed by atoms with van der Waals surface area (Å²) in [7, 11) is 0. The molecular weight excluding hydrogens is 268 g/mol. The SMILES string of the molecule is CCOC1CCN(C(=O)CCOc2ccc(N)cc2)CC1. The molecule has 0 bridgehead atoms. The summed E-state index contributed by atoms with van der Waals surface area (Å²) < 4.78 is 11.1. The Balaban J connectivity index is 1.67. The number of ether oxygens (including phenoxy) is 2. The third kappa shape index (κ3) is 4.93. The molecule has 1 heterocycles. The number of carbonyl (C=O) groups excluding carboxylic acids is 1. The lowest BCUT2D eigenvalue weighted by atomic mass is 10.1. The molecule has 2 rings (SSSR count). The van der Waals surface area contributed by atoms with E-state index in [-0.39, 0.29) is 5.91 Å². The highest BCUT2D eigenvalue weighted by Gasteiger charge is 2.22. The van der Waals surface area contributed by atoms with Crippen LogP contribution in [0.3, 0.4) is 0 Å². The Bertz CT molecular complexity index is 439. The van der Waals surface area contributed by atoms with Crippen LogP contribution in [0.15, 0.2) is 24.3 Å². The molecule has 21 heavy (non-hydrogen) atoms. The van der Waals surface area contributed by atoms with E-state index in [2.05, 4.69) is 0 Å². The van der Waals surface area contributed by atoms with Crippen molar-refractivity contribution in [3.05, 3.63) is 24.3 Å². The van der Waals surface area contributed by atoms with E-state index in [1.807, 2.05) is 24.0 Å². The van der Waals surface area contributed by atoms with Gasteiger partial charge in [0.15, 0.2) is 0 Å². The molecular formula is C16H24N2O3. The van der Waals surface area contributed by atoms with Gasteiger partial charge in [-0.2, -0.15) is 0 Å². The smallest absolute Gasteiger partial charge is 0.226 e. The molecule has 1 fully saturated rings. The molecule has 1 saturated heterocycles. The predicted octanol–water partition coefficient (Wildman–Crippen LogP) is 2.07. The largest absolute Gasteiger partial charge is 0.493 e. The molecule has 1 amide bonds. The molecule has 1 aliphatic heterocycles. The van der Waals surface area contributed by atoms with Crippen LogP contribution in [0.5, 0.6) is 5.75 Å². The van der Waals surface area contributed by atoms with Crippen LogP contribution in [0.4, 0.5) is 5.69 Å². The second-order valence-electron chi connectivity index (χ2n) is 5.20. The minimum absolute atomic E-state index is 0.153. The van der Waals surface area contributed by atoms with Gasteiger partial charge in [-0.15, -0.1) is 0 Å². The minimum Gasteiger partial charge on any atom is -0.493 e. The first kappa shape index (κ1) is 15.6. The van der Waals surface area contributed by atoms with E-state index in [0.29, 0.717) is 24.8 Å². The van der Waals surface area contributed by atoms with Crippen molar-refractivity contribution >= 4 is 11.6 Å². The first-order chi connectivity index (χ1) is 10.2. The summed E-state index contributed by atoms with van der Waals surface area (Å²) in [6, 6.07) is 7.20. The maximum Gasteiger partial charge on any atom is 0.226 e. The van der Waals surface area contributed by atoms with Crippen LogP contribution in [0.1, 0.15) is 26.2 Å². The molecule has 5 heteroatoms. The van der Waals surface area contributed by atoms with Crippen LogP contribution in [0, 0.1) is 0 Å². The summed E-state index contributed by atoms with van der Waals surface area (Å²) in [5.41, 5.74) is 6.31. The fourth-order valence-corrected chi connectivity index (χ4v) is 2.49. The van der Waals surface area contributed by atoms with Gasteiger partial charge < -0.3 is 20.1 Å². The van der Waals surface area contributed by atoms with Gasteiger partial charge in [-0.1, -0.05) is 0 Å². The first-order valence-corrected chi connectivity index (χ1v) is 7.56. The highest BCUT2D eigenvalue weighted by Crippen LogP contribution is 2.16. The molecule has 5 nitrogen and oxygen atoms in total. The number of piperidine rings is 1. The molecule has 0 aliphatic carbocycles. The number of carbonyl (C=O) groups is 1. The van der Waals surface area contributed by atoms with Crippen LogP contribution >= 0.6 is 0 Å². The Hall–Kier alpha value is -1.75. The van der Waals surface area contributed by atoms with Gasteiger partial charge in [0.05, 0.1) is 19.1 Å². The number of benzene rings is 1. The van der Waals surface area contributed by atoms with Gasteiger partial charge in [-0.25, -0.2) is 0 Å². The monoisotopic (exact) mass is 292 g/mol. The van der Waals surface area contributed by atoms with Crippen molar-refractivity contribution < 1.29 is 14.3 Å². The summed E-state index contributed by atoms with van der Waals surface area (Å²) in [5, 5.41) is 0. The summed E-state index contributed by atoms with van der Waals surface area (Å²) in [5.74, 6) is 0.896. The zero-order valence-corrected chi connectivity index (χ0v) is 12.6. The number of nitrogens with two attached hydrogens (primary N) is 1. The van der Waals surface area contributed by atoms with E-state index in [9.17, 15) is 4.79 Å². The quantitative estimate of drug-likeness (QED) is 0.815. The topological polar surface area (TPSA) is 64.8 Å². The number of nitrogens with zero attached hydrogens (tertiary/aromatic N) is 1. The van der Waals surface area contributed by atoms with Gasteiger partial charge >= 0.3 is 0 Å². The third-order valence-corrected chi connectivity index (χ3v) is 3.66. The Labute approximate surface area is 126 Å². The maximum absolute atomic E-state index is 12.1. The van der Waals surface area contributed by atoms with Gasteiger partial charge in [-0.3, -0.25) is 4.79 Å². The van der Waals surface area contributed by atoms with E-state index in [0.717, 1.165) is 38.3 Å². The van der Waals surface area contributed by atoms with E-state index < -0.39 is 0 Å². The van der Waals surface area contributed by atoms with Crippen molar-refractivity contribution in [3.8, 4) is 5.75 Å². The number of hydrogen-bond donors (Lipinski definition) is 1. The number of likely N-dealkylation sites (tertiary alicyclic amines) is 1. The average molecular weight is 292 g/mol. The lowest BCUT2D eigenvalue weighted by Gasteiger charge is -2.31. The van der Waals surface area contributed by atoms with E-state index in [1.165, 1.54) is 0 Å². The molecule has 1 aromatic carbocycles. The van der Waals surface area contributed by atoms with Crippen LogP contribution in [-0.4, -0.2) is 43.2 Å². The lowest BCUT2D eigenvalue weighted by molar-refractivity contribution is -0.134. The summed E-state index contributed by atoms with van der Waals surface area (Å²) in [4.78, 5) is 14.0. The molecule has 0 spiro atoms. The van der Waals surface area contributed by atoms with Gasteiger partial charge in [-0.05, 0) is 44.0 Å². The second kappa shape index (κ2) is 7.88. The number of hydrogen-bond acceptors (Lipinski definition) is 4. The summed E-state index contributed by atoms with van der Waals surface area (Å²) >= 11 is 0. The van der Waals surface area contributed by atoms with Gasteiger partial charge in [0.25, 0.3) is 0 Å². The van der Waals surface area contributed by atoms with E-state index >= 15 is 0 Å². The highest BCUT2D eigenvalue weighted by atomic mass is 16.5. The molecule has 0 atom stereocenters. The summed E-state index contributed by atoms with van der Waals surface area (Å²) in [6.45, 7) is 4.71. The van der Waals surface area contributed by atoms with Crippen molar-refractivity contribution in [2.24, 2.45) is 0 Å². The molecule has 1 aliphatic rings. The normalized spacial score (nSPS) is 16.0. The van der Waals surface area contributed by atoms with Gasteiger partial charge in [0.1, 0.15) is 5.75 Å². The van der Waals surface area contributed by atoms with Crippen molar-refractivity contribution in [3.63, 3.8) is 0 Å². The molecule has 0 saturated carbocycles. The predicted molar refractivity (Wildman–Crippen MR) is 82.2 cm³/mol. The third-order valence-electron chi connectivity index (χ3n) is 3.66. The first-order valence-electron chi connectivity index (χ1n) is 7.56. The van der Waals surface area contributed by atoms with E-state index in [1.54, 1.807) is 12.1 Å². The van der Waals surface area contributed by atoms with Crippen LogP contribution < -0.4 is 10.5 Å². The van der Waals surface area contributed by atoms with Crippen molar-refractivity contribution in [2.75, 3.05) is 32.0 Å². The van der Waals surface area contributed by atoms with Crippen LogP contribution in [-0.2, 0) is 9.53 Å². The second-order valence-corrected chi connectivity index (χ2v) is 5.20. The standard InChI is InChI=1S/C16H24N2O3/c1-2-20-15-7-10-18(11-8-15)16(19)9-12-21-14-5-3-13(17)4-6-14/h3-6,15H,2,7-12,17H2,1H3. The molecule has 1 aromatic rings. The Morgan fingerprint density at radius 3 is 2.57 bits per heavy atom. The van der Waals surface area contributed by atoms with E-state index in [4.69, 9.17) is 15.2 Å². The highest BCUT2D eigenvalue weighted by molar-refractivity contribution is 5.76. The number of amides is 1. The van der Waals surface area contributed by atoms with Crippen LogP contribution in [0.2, 0.25) is 0 Å². The van der Waals surface area contributed by atoms with Crippen molar-refractivity contribution in [1.29, 1.82) is 0 Å². The number of anilines is 1. The van der Waals surface area contributed by atoms with Crippen molar-refractivity contribution in [1.82, 2.24) is 4.90 Å². The number of rotatable bonds is 6. The zero-order chi connectivity index (χ0) is 15.1. The molecule has 0 radical (unpaired) electrons. The Morgan fingerprint density at radius 1 is 1.29 bits per heavy atom. The van der Waals surface area contributed by atoms with Crippen LogP contribution in [0.25, 0.3) is 0 Å². The fraction of sp³-hybridized carbons (Fsp3) is 0.562. The molecule has 0 aromatic heterocycles. The zero-order valence-electron chi connectivity index (χ0n) is 12.6. The van der Waals surface area contributed by atoms with Gasteiger partial charge in [0, 0.05) is 25.4 Å². The molecule has 116 valence electrons. The Kier molecular flexibility index (Phi) is 5.87. The van der Waals surface area contributed by atoms with Crippen molar-refractivity contribution in [2.45, 2.75) is 32.3 Å². The van der Waals surface area contributed by atoms with Gasteiger partial charge in [0.2, 0.25) is 5.91 Å². The molecule has 2 N–H and O–H groups in total. The average Bonchev–Trinajstić information content (AvgIpc) is 2.50. The minimum atomic E-state index is 0.153. The Morgan fingerprint density at radius 2 is 1.95 bits per heavy atom. The fourth-order valence-electron chi connectivity index (χ4n) is 2.49. The molecule has 0 unspecified atom stereocenters. The summed E-state index contributed by atoms with van der Waals surface area (Å²) in [6.07, 6.45) is 2.57. The lowest BCUT2D eigenvalue weighted by Crippen LogP contribution is -2.41. The maximum atomic E-state index is 12.1. The number of nitrogen functional groups attached to an aromatic ring is 1.